The van der Waals surface area contributed by atoms with Gasteiger partial charge in [-0.25, -0.2) is 0 Å². The first kappa shape index (κ1) is 18.5. The van der Waals surface area contributed by atoms with Crippen molar-refractivity contribution < 1.29 is 4.79 Å². The fourth-order valence-electron chi connectivity index (χ4n) is 4.42. The summed E-state index contributed by atoms with van der Waals surface area (Å²) in [7, 11) is 0. The van der Waals surface area contributed by atoms with Gasteiger partial charge in [0.15, 0.2) is 0 Å². The van der Waals surface area contributed by atoms with Gasteiger partial charge in [0.25, 0.3) is 0 Å². The molecule has 0 heterocycles. The van der Waals surface area contributed by atoms with Crippen LogP contribution in [0, 0.1) is 6.92 Å². The van der Waals surface area contributed by atoms with Crippen molar-refractivity contribution in [1.29, 1.82) is 0 Å². The first-order chi connectivity index (χ1) is 13.7. The van der Waals surface area contributed by atoms with Gasteiger partial charge in [0, 0.05) is 0 Å². The van der Waals surface area contributed by atoms with E-state index in [0.717, 1.165) is 42.4 Å². The maximum Gasteiger partial charge on any atom is 0.231 e. The van der Waals surface area contributed by atoms with E-state index in [2.05, 4.69) is 60.8 Å². The van der Waals surface area contributed by atoms with Crippen LogP contribution in [0.3, 0.4) is 0 Å². The molecule has 0 bridgehead atoms. The van der Waals surface area contributed by atoms with Gasteiger partial charge in [0.1, 0.15) is 0 Å². The predicted octanol–water partition coefficient (Wildman–Crippen LogP) is 5.71. The number of hydrogen-bond donors (Lipinski definition) is 1. The third-order valence-electron chi connectivity index (χ3n) is 6.04. The molecule has 142 valence electrons. The summed E-state index contributed by atoms with van der Waals surface area (Å²) >= 11 is 0. The lowest BCUT2D eigenvalue weighted by Crippen LogP contribution is -2.44. The monoisotopic (exact) mass is 369 g/mol. The van der Waals surface area contributed by atoms with E-state index in [1.165, 1.54) is 5.56 Å². The molecular formula is C26H27NO. The second kappa shape index (κ2) is 8.02. The third kappa shape index (κ3) is 3.60. The zero-order valence-corrected chi connectivity index (χ0v) is 16.4. The molecule has 4 rings (SSSR count). The number of benzene rings is 3. The Morgan fingerprint density at radius 3 is 1.93 bits per heavy atom. The molecule has 28 heavy (non-hydrogen) atoms. The summed E-state index contributed by atoms with van der Waals surface area (Å²) in [4.78, 5) is 13.7. The number of rotatable bonds is 5. The second-order valence-electron chi connectivity index (χ2n) is 7.88. The Morgan fingerprint density at radius 2 is 1.32 bits per heavy atom. The van der Waals surface area contributed by atoms with Crippen molar-refractivity contribution >= 4 is 5.91 Å². The maximum atomic E-state index is 13.7. The number of nitrogens with one attached hydrogen (secondary N) is 1. The molecular weight excluding hydrogens is 342 g/mol. The molecule has 1 atom stereocenters. The summed E-state index contributed by atoms with van der Waals surface area (Å²) in [5.74, 6) is 0.144. The van der Waals surface area contributed by atoms with E-state index in [1.807, 2.05) is 36.4 Å². The molecule has 0 aliphatic heterocycles. The van der Waals surface area contributed by atoms with Crippen molar-refractivity contribution in [1.82, 2.24) is 5.32 Å². The van der Waals surface area contributed by atoms with Crippen molar-refractivity contribution in [2.24, 2.45) is 0 Å². The topological polar surface area (TPSA) is 29.1 Å². The largest absolute Gasteiger partial charge is 0.344 e. The lowest BCUT2D eigenvalue weighted by atomic mass is 9.77. The number of carbonyl (C=O) groups excluding carboxylic acids is 1. The quantitative estimate of drug-likeness (QED) is 0.613. The normalized spacial score (nSPS) is 16.5. The van der Waals surface area contributed by atoms with Crippen LogP contribution in [0.2, 0.25) is 0 Å². The van der Waals surface area contributed by atoms with Gasteiger partial charge in [0.2, 0.25) is 5.91 Å². The van der Waals surface area contributed by atoms with Gasteiger partial charge in [-0.3, -0.25) is 4.79 Å². The summed E-state index contributed by atoms with van der Waals surface area (Å²) in [6, 6.07) is 28.9. The average Bonchev–Trinajstić information content (AvgIpc) is 3.25. The van der Waals surface area contributed by atoms with Gasteiger partial charge >= 0.3 is 0 Å². The Bertz CT molecular complexity index is 910. The van der Waals surface area contributed by atoms with E-state index in [-0.39, 0.29) is 11.9 Å². The SMILES string of the molecule is Cc1ccc([C@@H](NC(=O)C2(c3ccccc3)CCCC2)c2ccccc2)cc1. The summed E-state index contributed by atoms with van der Waals surface area (Å²) in [5, 5.41) is 3.41. The molecule has 0 aromatic heterocycles. The van der Waals surface area contributed by atoms with Crippen LogP contribution in [-0.2, 0) is 10.2 Å². The van der Waals surface area contributed by atoms with Crippen molar-refractivity contribution in [3.8, 4) is 0 Å². The minimum absolute atomic E-state index is 0.143. The highest BCUT2D eigenvalue weighted by Crippen LogP contribution is 2.42. The van der Waals surface area contributed by atoms with Crippen LogP contribution in [0.25, 0.3) is 0 Å². The van der Waals surface area contributed by atoms with E-state index in [4.69, 9.17) is 0 Å². The van der Waals surface area contributed by atoms with Crippen molar-refractivity contribution in [3.63, 3.8) is 0 Å². The molecule has 0 saturated heterocycles. The summed E-state index contributed by atoms with van der Waals surface area (Å²) < 4.78 is 0. The lowest BCUT2D eigenvalue weighted by Gasteiger charge is -2.31. The summed E-state index contributed by atoms with van der Waals surface area (Å²) in [6.45, 7) is 2.09. The van der Waals surface area contributed by atoms with Crippen LogP contribution in [0.4, 0.5) is 0 Å². The minimum atomic E-state index is -0.418. The molecule has 3 aromatic rings. The molecule has 0 unspecified atom stereocenters. The maximum absolute atomic E-state index is 13.7. The molecule has 2 heteroatoms. The number of amides is 1. The molecule has 1 fully saturated rings. The second-order valence-corrected chi connectivity index (χ2v) is 7.88. The van der Waals surface area contributed by atoms with Gasteiger partial charge in [-0.1, -0.05) is 103 Å². The highest BCUT2D eigenvalue weighted by Gasteiger charge is 2.43. The molecule has 1 aliphatic rings. The summed E-state index contributed by atoms with van der Waals surface area (Å²) in [6.07, 6.45) is 4.03. The Labute approximate surface area is 167 Å². The Morgan fingerprint density at radius 1 is 0.786 bits per heavy atom. The molecule has 2 nitrogen and oxygen atoms in total. The Kier molecular flexibility index (Phi) is 5.29. The van der Waals surface area contributed by atoms with Crippen LogP contribution >= 0.6 is 0 Å². The van der Waals surface area contributed by atoms with Gasteiger partial charge in [-0.2, -0.15) is 0 Å². The molecule has 1 amide bonds. The highest BCUT2D eigenvalue weighted by atomic mass is 16.2. The van der Waals surface area contributed by atoms with E-state index in [0.29, 0.717) is 0 Å². The average molecular weight is 370 g/mol. The molecule has 0 spiro atoms. The van der Waals surface area contributed by atoms with Gasteiger partial charge in [0.05, 0.1) is 11.5 Å². The van der Waals surface area contributed by atoms with Crippen molar-refractivity contribution in [2.45, 2.75) is 44.1 Å². The minimum Gasteiger partial charge on any atom is -0.344 e. The van der Waals surface area contributed by atoms with E-state index in [1.54, 1.807) is 0 Å². The van der Waals surface area contributed by atoms with Gasteiger partial charge in [-0.05, 0) is 36.5 Å². The number of hydrogen-bond acceptors (Lipinski definition) is 1. The molecule has 1 aliphatic carbocycles. The zero-order valence-electron chi connectivity index (χ0n) is 16.4. The number of carbonyl (C=O) groups is 1. The molecule has 1 N–H and O–H groups in total. The van der Waals surface area contributed by atoms with Gasteiger partial charge < -0.3 is 5.32 Å². The predicted molar refractivity (Wildman–Crippen MR) is 114 cm³/mol. The van der Waals surface area contributed by atoms with Crippen LogP contribution < -0.4 is 5.32 Å². The third-order valence-corrected chi connectivity index (χ3v) is 6.04. The first-order valence-electron chi connectivity index (χ1n) is 10.2. The lowest BCUT2D eigenvalue weighted by molar-refractivity contribution is -0.127. The molecule has 1 saturated carbocycles. The molecule has 0 radical (unpaired) electrons. The van der Waals surface area contributed by atoms with E-state index in [9.17, 15) is 4.79 Å². The Balaban J connectivity index is 1.70. The van der Waals surface area contributed by atoms with Crippen LogP contribution in [0.5, 0.6) is 0 Å². The van der Waals surface area contributed by atoms with Crippen molar-refractivity contribution in [2.75, 3.05) is 0 Å². The Hall–Kier alpha value is -2.87. The van der Waals surface area contributed by atoms with Crippen LogP contribution in [0.15, 0.2) is 84.9 Å². The summed E-state index contributed by atoms with van der Waals surface area (Å²) in [5.41, 5.74) is 4.17. The zero-order chi connectivity index (χ0) is 19.4. The van der Waals surface area contributed by atoms with Crippen LogP contribution in [0.1, 0.15) is 54.0 Å². The van der Waals surface area contributed by atoms with Crippen molar-refractivity contribution in [3.05, 3.63) is 107 Å². The smallest absolute Gasteiger partial charge is 0.231 e. The van der Waals surface area contributed by atoms with E-state index >= 15 is 0 Å². The number of aryl methyl sites for hydroxylation is 1. The fraction of sp³-hybridized carbons (Fsp3) is 0.269. The first-order valence-corrected chi connectivity index (χ1v) is 10.2. The fourth-order valence-corrected chi connectivity index (χ4v) is 4.42. The van der Waals surface area contributed by atoms with Gasteiger partial charge in [-0.15, -0.1) is 0 Å². The van der Waals surface area contributed by atoms with E-state index < -0.39 is 5.41 Å². The molecule has 3 aromatic carbocycles. The highest BCUT2D eigenvalue weighted by molar-refractivity contribution is 5.89. The van der Waals surface area contributed by atoms with Crippen LogP contribution in [-0.4, -0.2) is 5.91 Å². The standard InChI is InChI=1S/C26H27NO/c1-20-14-16-22(17-15-20)24(21-10-4-2-5-11-21)27-25(28)26(18-8-9-19-26)23-12-6-3-7-13-23/h2-7,10-17,24H,8-9,18-19H2,1H3,(H,27,28)/t24-/m0/s1.